The number of hydrogen-bond donors (Lipinski definition) is 1. The summed E-state index contributed by atoms with van der Waals surface area (Å²) in [5.41, 5.74) is 1.16. The highest BCUT2D eigenvalue weighted by Crippen LogP contribution is 2.37. The standard InChI is InChI=1S/C15H19N3OS/c1-4-17-11(2)15-12(19-3)6-5-7-13(15)20-14-10-16-8-9-18-14/h5-11,17H,4H2,1-3H3. The van der Waals surface area contributed by atoms with E-state index in [0.717, 1.165) is 27.8 Å². The number of hydrogen-bond acceptors (Lipinski definition) is 5. The molecule has 0 aliphatic rings. The van der Waals surface area contributed by atoms with E-state index in [1.807, 2.05) is 12.1 Å². The Balaban J connectivity index is 2.36. The third-order valence-electron chi connectivity index (χ3n) is 2.94. The van der Waals surface area contributed by atoms with Gasteiger partial charge in [-0.05, 0) is 25.6 Å². The zero-order chi connectivity index (χ0) is 14.4. The van der Waals surface area contributed by atoms with Gasteiger partial charge in [0.2, 0.25) is 0 Å². The lowest BCUT2D eigenvalue weighted by Crippen LogP contribution is -2.19. The molecule has 20 heavy (non-hydrogen) atoms. The Bertz CT molecular complexity index is 548. The van der Waals surface area contributed by atoms with Gasteiger partial charge in [-0.3, -0.25) is 4.98 Å². The number of rotatable bonds is 6. The summed E-state index contributed by atoms with van der Waals surface area (Å²) in [6, 6.07) is 6.30. The van der Waals surface area contributed by atoms with Gasteiger partial charge >= 0.3 is 0 Å². The first-order chi connectivity index (χ1) is 9.76. The Labute approximate surface area is 124 Å². The van der Waals surface area contributed by atoms with Crippen molar-refractivity contribution >= 4 is 11.8 Å². The van der Waals surface area contributed by atoms with Gasteiger partial charge in [0.25, 0.3) is 0 Å². The highest BCUT2D eigenvalue weighted by molar-refractivity contribution is 7.99. The molecule has 1 atom stereocenters. The summed E-state index contributed by atoms with van der Waals surface area (Å²) < 4.78 is 5.50. The topological polar surface area (TPSA) is 47.0 Å². The van der Waals surface area contributed by atoms with Crippen LogP contribution >= 0.6 is 11.8 Å². The van der Waals surface area contributed by atoms with E-state index < -0.39 is 0 Å². The van der Waals surface area contributed by atoms with E-state index >= 15 is 0 Å². The van der Waals surface area contributed by atoms with E-state index in [9.17, 15) is 0 Å². The van der Waals surface area contributed by atoms with Crippen LogP contribution in [0, 0.1) is 0 Å². The first-order valence-corrected chi connectivity index (χ1v) is 7.42. The van der Waals surface area contributed by atoms with Crippen LogP contribution < -0.4 is 10.1 Å². The van der Waals surface area contributed by atoms with Crippen LogP contribution in [0.4, 0.5) is 0 Å². The molecule has 2 aromatic rings. The fraction of sp³-hybridized carbons (Fsp3) is 0.333. The van der Waals surface area contributed by atoms with E-state index in [1.54, 1.807) is 37.5 Å². The number of nitrogens with one attached hydrogen (secondary N) is 1. The molecule has 1 unspecified atom stereocenters. The molecule has 0 aliphatic heterocycles. The van der Waals surface area contributed by atoms with Crippen molar-refractivity contribution in [3.05, 3.63) is 42.4 Å². The molecule has 0 amide bonds. The highest BCUT2D eigenvalue weighted by Gasteiger charge is 2.16. The average Bonchev–Trinajstić information content (AvgIpc) is 2.48. The number of methoxy groups -OCH3 is 1. The van der Waals surface area contributed by atoms with E-state index in [1.165, 1.54) is 0 Å². The van der Waals surface area contributed by atoms with Gasteiger partial charge in [0.15, 0.2) is 0 Å². The third-order valence-corrected chi connectivity index (χ3v) is 3.94. The SMILES string of the molecule is CCNC(C)c1c(OC)cccc1Sc1cnccn1. The van der Waals surface area contributed by atoms with Gasteiger partial charge in [0, 0.05) is 28.9 Å². The second-order valence-electron chi connectivity index (χ2n) is 4.30. The zero-order valence-corrected chi connectivity index (χ0v) is 12.8. The first kappa shape index (κ1) is 14.8. The third kappa shape index (κ3) is 3.49. The summed E-state index contributed by atoms with van der Waals surface area (Å²) >= 11 is 1.60. The quantitative estimate of drug-likeness (QED) is 0.884. The zero-order valence-electron chi connectivity index (χ0n) is 12.0. The Hall–Kier alpha value is -1.59. The fourth-order valence-corrected chi connectivity index (χ4v) is 3.06. The van der Waals surface area contributed by atoms with Crippen LogP contribution in [-0.4, -0.2) is 23.6 Å². The van der Waals surface area contributed by atoms with Crippen LogP contribution in [0.1, 0.15) is 25.5 Å². The maximum Gasteiger partial charge on any atom is 0.124 e. The summed E-state index contributed by atoms with van der Waals surface area (Å²) in [5, 5.41) is 4.31. The lowest BCUT2D eigenvalue weighted by Gasteiger charge is -2.19. The van der Waals surface area contributed by atoms with Crippen LogP contribution in [0.15, 0.2) is 46.7 Å². The second-order valence-corrected chi connectivity index (χ2v) is 5.36. The molecule has 4 nitrogen and oxygen atoms in total. The molecular formula is C15H19N3OS. The Morgan fingerprint density at radius 1 is 1.35 bits per heavy atom. The van der Waals surface area contributed by atoms with Crippen molar-refractivity contribution in [3.8, 4) is 5.75 Å². The average molecular weight is 289 g/mol. The van der Waals surface area contributed by atoms with E-state index in [-0.39, 0.29) is 6.04 Å². The van der Waals surface area contributed by atoms with Crippen molar-refractivity contribution < 1.29 is 4.74 Å². The van der Waals surface area contributed by atoms with Crippen molar-refractivity contribution in [1.29, 1.82) is 0 Å². The van der Waals surface area contributed by atoms with Gasteiger partial charge in [-0.15, -0.1) is 0 Å². The minimum Gasteiger partial charge on any atom is -0.496 e. The second kappa shape index (κ2) is 7.26. The molecule has 0 spiro atoms. The molecule has 0 saturated heterocycles. The molecule has 2 rings (SSSR count). The summed E-state index contributed by atoms with van der Waals surface area (Å²) in [4.78, 5) is 9.56. The van der Waals surface area contributed by atoms with Crippen LogP contribution in [0.3, 0.4) is 0 Å². The summed E-state index contributed by atoms with van der Waals surface area (Å²) in [6.45, 7) is 5.15. The van der Waals surface area contributed by atoms with Gasteiger partial charge in [0.05, 0.1) is 13.3 Å². The van der Waals surface area contributed by atoms with Crippen molar-refractivity contribution in [1.82, 2.24) is 15.3 Å². The van der Waals surface area contributed by atoms with Gasteiger partial charge in [-0.1, -0.05) is 24.8 Å². The Kier molecular flexibility index (Phi) is 5.38. The molecule has 1 aromatic carbocycles. The largest absolute Gasteiger partial charge is 0.496 e. The predicted octanol–water partition coefficient (Wildman–Crippen LogP) is 3.31. The molecule has 0 saturated carbocycles. The Morgan fingerprint density at radius 2 is 2.20 bits per heavy atom. The lowest BCUT2D eigenvalue weighted by atomic mass is 10.1. The van der Waals surface area contributed by atoms with Crippen molar-refractivity contribution in [2.24, 2.45) is 0 Å². The van der Waals surface area contributed by atoms with Gasteiger partial charge in [-0.25, -0.2) is 4.98 Å². The van der Waals surface area contributed by atoms with Crippen LogP contribution in [-0.2, 0) is 0 Å². The maximum absolute atomic E-state index is 5.50. The van der Waals surface area contributed by atoms with E-state index in [2.05, 4.69) is 35.2 Å². The summed E-state index contributed by atoms with van der Waals surface area (Å²) in [6.07, 6.45) is 5.15. The van der Waals surface area contributed by atoms with E-state index in [0.29, 0.717) is 0 Å². The monoisotopic (exact) mass is 289 g/mol. The van der Waals surface area contributed by atoms with Crippen molar-refractivity contribution in [2.45, 2.75) is 29.8 Å². The normalized spacial score (nSPS) is 12.2. The molecule has 0 aliphatic carbocycles. The Morgan fingerprint density at radius 3 is 2.85 bits per heavy atom. The maximum atomic E-state index is 5.50. The highest BCUT2D eigenvalue weighted by atomic mass is 32.2. The number of benzene rings is 1. The molecule has 106 valence electrons. The summed E-state index contributed by atoms with van der Waals surface area (Å²) in [7, 11) is 1.70. The molecule has 1 aromatic heterocycles. The molecule has 0 radical (unpaired) electrons. The van der Waals surface area contributed by atoms with Gasteiger partial charge in [-0.2, -0.15) is 0 Å². The smallest absolute Gasteiger partial charge is 0.124 e. The van der Waals surface area contributed by atoms with Crippen molar-refractivity contribution in [3.63, 3.8) is 0 Å². The molecule has 1 heterocycles. The van der Waals surface area contributed by atoms with Gasteiger partial charge < -0.3 is 10.1 Å². The molecular weight excluding hydrogens is 270 g/mol. The van der Waals surface area contributed by atoms with Gasteiger partial charge in [0.1, 0.15) is 10.8 Å². The molecule has 0 fully saturated rings. The summed E-state index contributed by atoms with van der Waals surface area (Å²) in [5.74, 6) is 0.896. The molecule has 1 N–H and O–H groups in total. The molecule has 0 bridgehead atoms. The van der Waals surface area contributed by atoms with Crippen molar-refractivity contribution in [2.75, 3.05) is 13.7 Å². The first-order valence-electron chi connectivity index (χ1n) is 6.60. The number of ether oxygens (including phenoxy) is 1. The van der Waals surface area contributed by atoms with Crippen LogP contribution in [0.25, 0.3) is 0 Å². The van der Waals surface area contributed by atoms with Crippen LogP contribution in [0.5, 0.6) is 5.75 Å². The lowest BCUT2D eigenvalue weighted by molar-refractivity contribution is 0.400. The predicted molar refractivity (Wildman–Crippen MR) is 81.2 cm³/mol. The van der Waals surface area contributed by atoms with Crippen LogP contribution in [0.2, 0.25) is 0 Å². The number of nitrogens with zero attached hydrogens (tertiary/aromatic N) is 2. The number of aromatic nitrogens is 2. The minimum absolute atomic E-state index is 0.218. The molecule has 5 heteroatoms. The minimum atomic E-state index is 0.218. The van der Waals surface area contributed by atoms with E-state index in [4.69, 9.17) is 4.74 Å². The fourth-order valence-electron chi connectivity index (χ4n) is 2.08.